The quantitative estimate of drug-likeness (QED) is 0.0408. The molecule has 2 atom stereocenters. The highest BCUT2D eigenvalue weighted by Gasteiger charge is 2.39. The van der Waals surface area contributed by atoms with Gasteiger partial charge in [0, 0.05) is 22.3 Å². The van der Waals surface area contributed by atoms with Gasteiger partial charge in [0.25, 0.3) is 0 Å². The molecule has 2 unspecified atom stereocenters. The fourth-order valence-corrected chi connectivity index (χ4v) is 10.7. The first-order valence-corrected chi connectivity index (χ1v) is 27.2. The van der Waals surface area contributed by atoms with Gasteiger partial charge in [0.05, 0.1) is 47.1 Å². The molecule has 4 aromatic rings. The largest absolute Gasteiger partial charge is 0.790 e. The molecule has 1 N–H and O–H groups in total. The van der Waals surface area contributed by atoms with E-state index in [0.717, 1.165) is 171 Å². The summed E-state index contributed by atoms with van der Waals surface area (Å²) in [6.45, 7) is 26.6. The van der Waals surface area contributed by atoms with E-state index in [-0.39, 0.29) is 24.1 Å². The summed E-state index contributed by atoms with van der Waals surface area (Å²) >= 11 is 0. The number of carbonyl (C=O) groups excluding carboxylic acids is 2. The van der Waals surface area contributed by atoms with Gasteiger partial charge in [-0.1, -0.05) is 141 Å². The molecule has 380 valence electrons. The second kappa shape index (κ2) is 28.3. The third-order valence-corrected chi connectivity index (χ3v) is 13.0. The first-order chi connectivity index (χ1) is 33.1. The smallest absolute Gasteiger partial charge is 0.318 e. The highest BCUT2D eigenvalue weighted by Crippen LogP contribution is 2.46. The highest BCUT2D eigenvalue weighted by atomic mass is 31.2. The molecule has 6 rings (SSSR count). The number of hydrogen-bond donors (Lipinski definition) is 1. The summed E-state index contributed by atoms with van der Waals surface area (Å²) in [5.74, 6) is 1.77. The van der Waals surface area contributed by atoms with E-state index in [1.54, 1.807) is 0 Å². The van der Waals surface area contributed by atoms with Crippen LogP contribution in [0.25, 0.3) is 0 Å². The average Bonchev–Trinajstić information content (AvgIpc) is 3.30. The van der Waals surface area contributed by atoms with Crippen molar-refractivity contribution in [1.82, 2.24) is 0 Å². The van der Waals surface area contributed by atoms with Crippen molar-refractivity contribution in [3.63, 3.8) is 0 Å². The minimum atomic E-state index is -5.14. The summed E-state index contributed by atoms with van der Waals surface area (Å²) in [5, 5.41) is 0. The van der Waals surface area contributed by atoms with Gasteiger partial charge in [-0.2, -0.15) is 0 Å². The van der Waals surface area contributed by atoms with Crippen LogP contribution in [0.2, 0.25) is 0 Å². The lowest BCUT2D eigenvalue weighted by atomic mass is 9.88. The summed E-state index contributed by atoms with van der Waals surface area (Å²) in [5.41, 5.74) is 3.57. The number of esters is 2. The van der Waals surface area contributed by atoms with Gasteiger partial charge in [-0.3, -0.25) is 9.59 Å². The first kappa shape index (κ1) is 57.0. The molecule has 0 aromatic heterocycles. The molecule has 0 fully saturated rings. The number of nitrogens with zero attached hydrogens (tertiary/aromatic N) is 2. The molecule has 2 aliphatic rings. The number of fused-ring (bicyclic) bond motifs is 4. The molecule has 13 heteroatoms. The van der Waals surface area contributed by atoms with Crippen molar-refractivity contribution >= 4 is 19.8 Å². The molecular weight excluding hydrogens is 892 g/mol. The normalized spacial score (nSPS) is 14.1. The van der Waals surface area contributed by atoms with E-state index in [0.29, 0.717) is 0 Å². The van der Waals surface area contributed by atoms with Crippen LogP contribution in [-0.2, 0) is 23.6 Å². The number of rotatable bonds is 24. The molecule has 0 aliphatic carbocycles. The molecule has 0 saturated heterocycles. The molecule has 4 aromatic carbocycles. The standard InChI is InChI=1S/2C28H40NO3.H3O4P/c2*1-5-13-22(21-29(18-6-2,19-7-3)20-8-4)31-28(30)27-23-14-9-11-16-25(23)32-26-17-12-10-15-24(26)27;1-5(2,3)4/h2*9-12,14-17,22,27H,5-8,13,18-21H2,1-4H3;(H3,1,2,3,4)/q2*+1;/p-2. The van der Waals surface area contributed by atoms with Crippen LogP contribution < -0.4 is 19.3 Å². The van der Waals surface area contributed by atoms with Crippen LogP contribution in [0.4, 0.5) is 0 Å². The van der Waals surface area contributed by atoms with E-state index in [1.807, 2.05) is 97.1 Å². The predicted molar refractivity (Wildman–Crippen MR) is 270 cm³/mol. The molecule has 69 heavy (non-hydrogen) atoms. The SMILES string of the molecule is CCCC(C[N+](CCC)(CCC)CCC)OC(=O)C1c2ccccc2Oc2ccccc21.CCCC(C[N+](CCC)(CCC)CCC)OC(=O)C1c2ccccc2Oc2ccccc21.O=P([O-])([O-])O. The Labute approximate surface area is 413 Å². The van der Waals surface area contributed by atoms with Crippen LogP contribution in [-0.4, -0.2) is 90.4 Å². The molecule has 0 bridgehead atoms. The molecule has 0 radical (unpaired) electrons. The number of ether oxygens (including phenoxy) is 4. The Morgan fingerprint density at radius 1 is 0.493 bits per heavy atom. The summed E-state index contributed by atoms with van der Waals surface area (Å²) < 4.78 is 35.6. The number of phosphoric acid groups is 1. The third-order valence-electron chi connectivity index (χ3n) is 13.0. The van der Waals surface area contributed by atoms with E-state index in [9.17, 15) is 9.59 Å². The van der Waals surface area contributed by atoms with Crippen LogP contribution in [0.15, 0.2) is 97.1 Å². The maximum atomic E-state index is 13.7. The molecule has 0 saturated carbocycles. The Morgan fingerprint density at radius 2 is 0.725 bits per heavy atom. The second-order valence-electron chi connectivity index (χ2n) is 18.8. The second-order valence-corrected chi connectivity index (χ2v) is 19.7. The fraction of sp³-hybridized carbons (Fsp3) is 0.536. The minimum absolute atomic E-state index is 0.0701. The van der Waals surface area contributed by atoms with Crippen molar-refractivity contribution in [3.05, 3.63) is 119 Å². The number of benzene rings is 4. The Hall–Kier alpha value is -4.55. The van der Waals surface area contributed by atoms with Gasteiger partial charge in [-0.25, -0.2) is 0 Å². The van der Waals surface area contributed by atoms with Crippen LogP contribution in [0, 0.1) is 0 Å². The predicted octanol–water partition coefficient (Wildman–Crippen LogP) is 11.2. The Morgan fingerprint density at radius 3 is 0.942 bits per heavy atom. The van der Waals surface area contributed by atoms with Crippen molar-refractivity contribution in [1.29, 1.82) is 0 Å². The van der Waals surface area contributed by atoms with Crippen molar-refractivity contribution in [2.24, 2.45) is 0 Å². The monoisotopic (exact) mass is 973 g/mol. The maximum absolute atomic E-state index is 13.7. The lowest BCUT2D eigenvalue weighted by molar-refractivity contribution is -0.931. The van der Waals surface area contributed by atoms with E-state index in [1.165, 1.54) is 0 Å². The van der Waals surface area contributed by atoms with Crippen molar-refractivity contribution in [2.75, 3.05) is 52.4 Å². The Bertz CT molecular complexity index is 1950. The molecule has 0 spiro atoms. The topological polar surface area (TPSA) is 154 Å². The molecular formula is C56H81N2O10P. The van der Waals surface area contributed by atoms with E-state index in [2.05, 4.69) is 55.4 Å². The van der Waals surface area contributed by atoms with E-state index >= 15 is 0 Å². The van der Waals surface area contributed by atoms with Crippen LogP contribution in [0.1, 0.15) is 154 Å². The summed E-state index contributed by atoms with van der Waals surface area (Å²) in [6.07, 6.45) is 10.5. The van der Waals surface area contributed by atoms with Crippen molar-refractivity contribution in [3.8, 4) is 23.0 Å². The Kier molecular flexibility index (Phi) is 23.4. The zero-order valence-corrected chi connectivity index (χ0v) is 43.6. The van der Waals surface area contributed by atoms with Crippen molar-refractivity contribution < 1.29 is 56.7 Å². The molecule has 2 aliphatic heterocycles. The lowest BCUT2D eigenvalue weighted by Gasteiger charge is -2.41. The van der Waals surface area contributed by atoms with Crippen LogP contribution >= 0.6 is 7.82 Å². The van der Waals surface area contributed by atoms with Gasteiger partial charge >= 0.3 is 11.9 Å². The maximum Gasteiger partial charge on any atom is 0.318 e. The van der Waals surface area contributed by atoms with Gasteiger partial charge in [-0.05, 0) is 75.6 Å². The molecule has 0 amide bonds. The van der Waals surface area contributed by atoms with Crippen molar-refractivity contribution in [2.45, 2.75) is 144 Å². The van der Waals surface area contributed by atoms with Crippen LogP contribution in [0.3, 0.4) is 0 Å². The summed E-state index contributed by atoms with van der Waals surface area (Å²) in [7, 11) is -5.14. The van der Waals surface area contributed by atoms with Gasteiger partial charge < -0.3 is 47.2 Å². The number of para-hydroxylation sites is 4. The zero-order valence-electron chi connectivity index (χ0n) is 42.7. The number of carbonyl (C=O) groups is 2. The average molecular weight is 973 g/mol. The zero-order chi connectivity index (χ0) is 50.5. The van der Waals surface area contributed by atoms with Gasteiger partial charge in [0.2, 0.25) is 0 Å². The van der Waals surface area contributed by atoms with Gasteiger partial charge in [-0.15, -0.1) is 0 Å². The molecule has 2 heterocycles. The fourth-order valence-electron chi connectivity index (χ4n) is 10.7. The highest BCUT2D eigenvalue weighted by molar-refractivity contribution is 7.42. The van der Waals surface area contributed by atoms with E-state index in [4.69, 9.17) is 38.2 Å². The minimum Gasteiger partial charge on any atom is -0.790 e. The van der Waals surface area contributed by atoms with E-state index < -0.39 is 19.7 Å². The lowest BCUT2D eigenvalue weighted by Crippen LogP contribution is -2.54. The third kappa shape index (κ3) is 16.8. The summed E-state index contributed by atoms with van der Waals surface area (Å²) in [6, 6.07) is 31.3. The Balaban J connectivity index is 0.000000274. The first-order valence-electron chi connectivity index (χ1n) is 25.7. The number of quaternary nitrogens is 2. The number of hydrogen-bond acceptors (Lipinski definition) is 9. The van der Waals surface area contributed by atoms with Crippen LogP contribution in [0.5, 0.6) is 23.0 Å². The summed E-state index contributed by atoms with van der Waals surface area (Å²) in [4.78, 5) is 51.7. The van der Waals surface area contributed by atoms with Gasteiger partial charge in [0.15, 0.2) is 12.2 Å². The molecule has 12 nitrogen and oxygen atoms in total. The van der Waals surface area contributed by atoms with Gasteiger partial charge in [0.1, 0.15) is 47.9 Å².